The maximum atomic E-state index is 12.1. The van der Waals surface area contributed by atoms with Gasteiger partial charge < -0.3 is 4.74 Å². The van der Waals surface area contributed by atoms with Crippen molar-refractivity contribution in [3.05, 3.63) is 28.3 Å². The zero-order valence-corrected chi connectivity index (χ0v) is 6.78. The highest BCUT2D eigenvalue weighted by molar-refractivity contribution is 5.60. The van der Waals surface area contributed by atoms with E-state index < -0.39 is 4.92 Å². The van der Waals surface area contributed by atoms with Crippen LogP contribution in [0.3, 0.4) is 0 Å². The Kier molecular flexibility index (Phi) is 2.63. The molecule has 0 amide bonds. The van der Waals surface area contributed by atoms with E-state index in [2.05, 4.69) is 0 Å². The van der Waals surface area contributed by atoms with E-state index in [0.717, 1.165) is 6.07 Å². The Morgan fingerprint density at radius 3 is 2.77 bits per heavy atom. The Morgan fingerprint density at radius 2 is 2.31 bits per heavy atom. The van der Waals surface area contributed by atoms with Crippen molar-refractivity contribution in [2.75, 3.05) is 12.6 Å². The number of non-ortho nitro benzene ring substituents is 1. The van der Waals surface area contributed by atoms with Gasteiger partial charge >= 0.3 is 0 Å². The first-order valence-electron chi connectivity index (χ1n) is 3.38. The number of nitrogens with one attached hydrogen (secondary N) is 1. The summed E-state index contributed by atoms with van der Waals surface area (Å²) in [5.74, 6) is 0.216. The van der Waals surface area contributed by atoms with Gasteiger partial charge in [-0.15, -0.1) is 4.48 Å². The first-order chi connectivity index (χ1) is 6.19. The van der Waals surface area contributed by atoms with Gasteiger partial charge in [-0.25, -0.2) is 5.54 Å². The highest BCUT2D eigenvalue weighted by atomic mass is 19.2. The van der Waals surface area contributed by atoms with Crippen molar-refractivity contribution in [2.45, 2.75) is 0 Å². The van der Waals surface area contributed by atoms with Crippen LogP contribution in [0.1, 0.15) is 0 Å². The Balaban J connectivity index is 3.13. The average molecular weight is 186 g/mol. The molecule has 0 saturated carbocycles. The monoisotopic (exact) mass is 186 g/mol. The lowest BCUT2D eigenvalue weighted by molar-refractivity contribution is -0.384. The molecule has 6 heteroatoms. The molecule has 5 nitrogen and oxygen atoms in total. The van der Waals surface area contributed by atoms with Crippen molar-refractivity contribution in [3.8, 4) is 5.75 Å². The molecular weight excluding hydrogens is 179 g/mol. The van der Waals surface area contributed by atoms with Crippen molar-refractivity contribution in [2.24, 2.45) is 0 Å². The molecule has 13 heavy (non-hydrogen) atoms. The fourth-order valence-electron chi connectivity index (χ4n) is 0.883. The fourth-order valence-corrected chi connectivity index (χ4v) is 0.883. The number of nitro groups is 1. The molecule has 0 aliphatic heterocycles. The van der Waals surface area contributed by atoms with Crippen molar-refractivity contribution >= 4 is 11.4 Å². The molecule has 0 radical (unpaired) electrons. The Bertz CT molecular complexity index is 330. The van der Waals surface area contributed by atoms with Gasteiger partial charge in [0.1, 0.15) is 11.4 Å². The predicted molar refractivity (Wildman–Crippen MR) is 44.4 cm³/mol. The molecule has 1 aromatic carbocycles. The van der Waals surface area contributed by atoms with E-state index in [1.54, 1.807) is 0 Å². The molecule has 0 aromatic heterocycles. The van der Waals surface area contributed by atoms with Crippen LogP contribution in [0, 0.1) is 10.1 Å². The molecule has 0 aliphatic carbocycles. The second-order valence-corrected chi connectivity index (χ2v) is 2.24. The summed E-state index contributed by atoms with van der Waals surface area (Å²) in [6.07, 6.45) is 0. The maximum Gasteiger partial charge on any atom is 0.271 e. The lowest BCUT2D eigenvalue weighted by Crippen LogP contribution is -1.93. The summed E-state index contributed by atoms with van der Waals surface area (Å²) in [6, 6.07) is 3.61. The summed E-state index contributed by atoms with van der Waals surface area (Å²) in [5.41, 5.74) is 1.06. The van der Waals surface area contributed by atoms with Crippen LogP contribution in [0.4, 0.5) is 15.9 Å². The third kappa shape index (κ3) is 1.84. The minimum absolute atomic E-state index is 0.0586. The fraction of sp³-hybridized carbons (Fsp3) is 0.143. The Morgan fingerprint density at radius 1 is 1.62 bits per heavy atom. The number of rotatable bonds is 3. The smallest absolute Gasteiger partial charge is 0.271 e. The SMILES string of the molecule is COc1ccc([N+](=O)[O-])cc1NF. The van der Waals surface area contributed by atoms with Gasteiger partial charge in [-0.3, -0.25) is 10.1 Å². The molecular formula is C7H7FN2O3. The summed E-state index contributed by atoms with van der Waals surface area (Å²) in [5, 5.41) is 10.3. The van der Waals surface area contributed by atoms with Crippen molar-refractivity contribution in [3.63, 3.8) is 0 Å². The number of halogens is 1. The Hall–Kier alpha value is -1.85. The molecule has 1 rings (SSSR count). The molecule has 0 unspecified atom stereocenters. The number of hydrogen-bond acceptors (Lipinski definition) is 4. The minimum atomic E-state index is -0.611. The molecule has 0 spiro atoms. The lowest BCUT2D eigenvalue weighted by atomic mass is 10.2. The zero-order valence-electron chi connectivity index (χ0n) is 6.78. The van der Waals surface area contributed by atoms with Gasteiger partial charge in [-0.05, 0) is 6.07 Å². The van der Waals surface area contributed by atoms with Crippen LogP contribution in [-0.4, -0.2) is 12.0 Å². The summed E-state index contributed by atoms with van der Waals surface area (Å²) in [7, 11) is 1.35. The molecule has 0 atom stereocenters. The van der Waals surface area contributed by atoms with Crippen LogP contribution in [0.5, 0.6) is 5.75 Å². The zero-order chi connectivity index (χ0) is 9.84. The second-order valence-electron chi connectivity index (χ2n) is 2.24. The standard InChI is InChI=1S/C7H7FN2O3/c1-13-7-3-2-5(10(11)12)4-6(7)9-8/h2-4,9H,1H3. The number of methoxy groups -OCH3 is 1. The van der Waals surface area contributed by atoms with Crippen LogP contribution in [0.15, 0.2) is 18.2 Å². The van der Waals surface area contributed by atoms with E-state index in [0.29, 0.717) is 0 Å². The molecule has 1 N–H and O–H groups in total. The van der Waals surface area contributed by atoms with Crippen molar-refractivity contribution in [1.82, 2.24) is 0 Å². The quantitative estimate of drug-likeness (QED) is 0.444. The maximum absolute atomic E-state index is 12.1. The summed E-state index contributed by atoms with van der Waals surface area (Å²) in [6.45, 7) is 0. The molecule has 0 aliphatic rings. The number of nitro benzene ring substituents is 1. The lowest BCUT2D eigenvalue weighted by Gasteiger charge is -2.04. The van der Waals surface area contributed by atoms with Gasteiger partial charge in [0.15, 0.2) is 0 Å². The molecule has 70 valence electrons. The minimum Gasteiger partial charge on any atom is -0.494 e. The molecule has 0 heterocycles. The largest absolute Gasteiger partial charge is 0.494 e. The highest BCUT2D eigenvalue weighted by Crippen LogP contribution is 2.28. The van der Waals surface area contributed by atoms with E-state index in [-0.39, 0.29) is 17.1 Å². The van der Waals surface area contributed by atoms with Gasteiger partial charge in [0.25, 0.3) is 5.69 Å². The summed E-state index contributed by atoms with van der Waals surface area (Å²) >= 11 is 0. The average Bonchev–Trinajstić information content (AvgIpc) is 2.16. The van der Waals surface area contributed by atoms with E-state index in [1.165, 1.54) is 24.8 Å². The summed E-state index contributed by atoms with van der Waals surface area (Å²) in [4.78, 5) is 9.67. The van der Waals surface area contributed by atoms with Crippen molar-refractivity contribution in [1.29, 1.82) is 0 Å². The van der Waals surface area contributed by atoms with E-state index in [9.17, 15) is 14.6 Å². The molecule has 1 aromatic rings. The first kappa shape index (κ1) is 9.24. The van der Waals surface area contributed by atoms with Crippen LogP contribution < -0.4 is 10.3 Å². The van der Waals surface area contributed by atoms with Gasteiger partial charge in [-0.2, -0.15) is 0 Å². The number of benzene rings is 1. The van der Waals surface area contributed by atoms with Gasteiger partial charge in [0.05, 0.1) is 12.0 Å². The topological polar surface area (TPSA) is 64.4 Å². The Labute approximate surface area is 73.2 Å². The van der Waals surface area contributed by atoms with Crippen LogP contribution >= 0.6 is 0 Å². The van der Waals surface area contributed by atoms with E-state index >= 15 is 0 Å². The van der Waals surface area contributed by atoms with Gasteiger partial charge in [-0.1, -0.05) is 0 Å². The number of hydrogen-bond donors (Lipinski definition) is 1. The molecule has 0 bridgehead atoms. The second kappa shape index (κ2) is 3.70. The molecule has 0 saturated heterocycles. The third-order valence-corrected chi connectivity index (χ3v) is 1.50. The molecule has 0 fully saturated rings. The van der Waals surface area contributed by atoms with Gasteiger partial charge in [0.2, 0.25) is 0 Å². The van der Waals surface area contributed by atoms with E-state index in [4.69, 9.17) is 4.74 Å². The normalized spacial score (nSPS) is 9.38. The number of ether oxygens (including phenoxy) is 1. The highest BCUT2D eigenvalue weighted by Gasteiger charge is 2.10. The van der Waals surface area contributed by atoms with Crippen molar-refractivity contribution < 1.29 is 14.1 Å². The van der Waals surface area contributed by atoms with Crippen LogP contribution in [0.25, 0.3) is 0 Å². The van der Waals surface area contributed by atoms with E-state index in [1.807, 2.05) is 0 Å². The number of anilines is 1. The number of nitrogens with zero attached hydrogens (tertiary/aromatic N) is 1. The van der Waals surface area contributed by atoms with Crippen LogP contribution in [-0.2, 0) is 0 Å². The third-order valence-electron chi connectivity index (χ3n) is 1.50. The summed E-state index contributed by atoms with van der Waals surface area (Å²) < 4.78 is 16.8. The predicted octanol–water partition coefficient (Wildman–Crippen LogP) is 1.90. The van der Waals surface area contributed by atoms with Crippen LogP contribution in [0.2, 0.25) is 0 Å². The van der Waals surface area contributed by atoms with Gasteiger partial charge in [0, 0.05) is 12.1 Å². The first-order valence-corrected chi connectivity index (χ1v) is 3.38.